The number of pyridine rings is 1. The zero-order valence-electron chi connectivity index (χ0n) is 7.25. The predicted octanol–water partition coefficient (Wildman–Crippen LogP) is 1.84. The van der Waals surface area contributed by atoms with E-state index in [0.717, 1.165) is 25.1 Å². The summed E-state index contributed by atoms with van der Waals surface area (Å²) in [4.78, 5) is 8.75. The maximum absolute atomic E-state index is 4.42. The summed E-state index contributed by atoms with van der Waals surface area (Å²) in [7, 11) is 0. The number of aryl methyl sites for hydroxylation is 1. The van der Waals surface area contributed by atoms with Gasteiger partial charge in [-0.1, -0.05) is 6.07 Å². The van der Waals surface area contributed by atoms with Gasteiger partial charge in [-0.25, -0.2) is 0 Å². The van der Waals surface area contributed by atoms with E-state index in [-0.39, 0.29) is 0 Å². The molecule has 2 nitrogen and oxygen atoms in total. The molecule has 0 aromatic carbocycles. The third-order valence-corrected chi connectivity index (χ3v) is 2.14. The highest BCUT2D eigenvalue weighted by Gasteiger charge is 2.17. The molecule has 0 unspecified atom stereocenters. The zero-order chi connectivity index (χ0) is 8.39. The molecule has 0 N–H and O–H groups in total. The molecular weight excluding hydrogens is 148 g/mol. The van der Waals surface area contributed by atoms with Crippen LogP contribution in [0.5, 0.6) is 0 Å². The third kappa shape index (κ3) is 1.13. The predicted molar refractivity (Wildman–Crippen MR) is 49.6 cm³/mol. The van der Waals surface area contributed by atoms with Crippen LogP contribution in [-0.4, -0.2) is 17.2 Å². The van der Waals surface area contributed by atoms with Crippen molar-refractivity contribution in [1.82, 2.24) is 4.98 Å². The Labute approximate surface area is 72.4 Å². The van der Waals surface area contributed by atoms with Gasteiger partial charge in [-0.05, 0) is 31.4 Å². The van der Waals surface area contributed by atoms with Crippen LogP contribution in [-0.2, 0) is 6.42 Å². The number of fused-ring (bicyclic) bond motifs is 1. The molecule has 0 spiro atoms. The first-order chi connectivity index (χ1) is 5.92. The Morgan fingerprint density at radius 1 is 1.50 bits per heavy atom. The van der Waals surface area contributed by atoms with Crippen molar-refractivity contribution < 1.29 is 0 Å². The Kier molecular flexibility index (Phi) is 1.90. The first-order valence-corrected chi connectivity index (χ1v) is 4.39. The number of hydrogen-bond donors (Lipinski definition) is 0. The first-order valence-electron chi connectivity index (χ1n) is 4.39. The highest BCUT2D eigenvalue weighted by molar-refractivity contribution is 6.02. The lowest BCUT2D eigenvalue weighted by Crippen LogP contribution is -1.97. The van der Waals surface area contributed by atoms with Gasteiger partial charge in [0.2, 0.25) is 0 Å². The average Bonchev–Trinajstić information content (AvgIpc) is 2.50. The van der Waals surface area contributed by atoms with Gasteiger partial charge in [-0.15, -0.1) is 0 Å². The van der Waals surface area contributed by atoms with Gasteiger partial charge < -0.3 is 0 Å². The van der Waals surface area contributed by atoms with Gasteiger partial charge in [0.05, 0.1) is 11.4 Å². The van der Waals surface area contributed by atoms with Crippen LogP contribution >= 0.6 is 0 Å². The lowest BCUT2D eigenvalue weighted by molar-refractivity contribution is 1.06. The molecule has 0 amide bonds. The molecule has 0 saturated carbocycles. The molecule has 62 valence electrons. The minimum Gasteiger partial charge on any atom is -0.288 e. The number of hydrogen-bond acceptors (Lipinski definition) is 2. The summed E-state index contributed by atoms with van der Waals surface area (Å²) >= 11 is 0. The molecule has 0 radical (unpaired) electrons. The maximum atomic E-state index is 4.42. The number of aromatic nitrogens is 1. The molecule has 0 atom stereocenters. The summed E-state index contributed by atoms with van der Waals surface area (Å²) in [5.41, 5.74) is 3.66. The van der Waals surface area contributed by atoms with Gasteiger partial charge in [0.1, 0.15) is 0 Å². The lowest BCUT2D eigenvalue weighted by atomic mass is 10.2. The molecule has 0 bridgehead atoms. The quantitative estimate of drug-likeness (QED) is 0.615. The van der Waals surface area contributed by atoms with Crippen molar-refractivity contribution in [2.75, 3.05) is 6.54 Å². The van der Waals surface area contributed by atoms with E-state index in [2.05, 4.69) is 23.0 Å². The van der Waals surface area contributed by atoms with E-state index in [1.807, 2.05) is 12.3 Å². The van der Waals surface area contributed by atoms with Crippen molar-refractivity contribution in [3.63, 3.8) is 0 Å². The van der Waals surface area contributed by atoms with Gasteiger partial charge in [0.15, 0.2) is 0 Å². The van der Waals surface area contributed by atoms with Crippen LogP contribution in [0.3, 0.4) is 0 Å². The van der Waals surface area contributed by atoms with Crippen molar-refractivity contribution in [2.45, 2.75) is 19.8 Å². The highest BCUT2D eigenvalue weighted by atomic mass is 14.8. The van der Waals surface area contributed by atoms with E-state index in [4.69, 9.17) is 0 Å². The van der Waals surface area contributed by atoms with Crippen LogP contribution in [0.15, 0.2) is 23.3 Å². The minimum absolute atomic E-state index is 0.866. The van der Waals surface area contributed by atoms with Crippen molar-refractivity contribution >= 4 is 5.71 Å². The highest BCUT2D eigenvalue weighted by Crippen LogP contribution is 2.19. The molecule has 1 aromatic rings. The third-order valence-electron chi connectivity index (χ3n) is 2.14. The summed E-state index contributed by atoms with van der Waals surface area (Å²) in [6.45, 7) is 2.93. The summed E-state index contributed by atoms with van der Waals surface area (Å²) < 4.78 is 0. The number of aliphatic imine (C=N–C) groups is 1. The van der Waals surface area contributed by atoms with Gasteiger partial charge in [-0.2, -0.15) is 0 Å². The topological polar surface area (TPSA) is 25.2 Å². The van der Waals surface area contributed by atoms with Crippen LogP contribution in [0.2, 0.25) is 0 Å². The summed E-state index contributed by atoms with van der Waals surface area (Å²) in [6, 6.07) is 4.13. The fourth-order valence-corrected chi connectivity index (χ4v) is 1.62. The summed E-state index contributed by atoms with van der Waals surface area (Å²) in [5, 5.41) is 0. The molecule has 2 rings (SSSR count). The van der Waals surface area contributed by atoms with Crippen LogP contribution in [0.4, 0.5) is 0 Å². The number of rotatable bonds is 1. The molecule has 0 aliphatic heterocycles. The van der Waals surface area contributed by atoms with Crippen LogP contribution < -0.4 is 0 Å². The molecule has 12 heavy (non-hydrogen) atoms. The Morgan fingerprint density at radius 2 is 2.42 bits per heavy atom. The smallest absolute Gasteiger partial charge is 0.0872 e. The minimum atomic E-state index is 0.866. The SMILES string of the molecule is CC/N=C1\CCc2cccnc21. The van der Waals surface area contributed by atoms with Crippen LogP contribution in [0.1, 0.15) is 24.6 Å². The molecule has 2 heteroatoms. The molecule has 1 aromatic heterocycles. The zero-order valence-corrected chi connectivity index (χ0v) is 7.25. The van der Waals surface area contributed by atoms with Crippen molar-refractivity contribution in [3.05, 3.63) is 29.6 Å². The van der Waals surface area contributed by atoms with Crippen molar-refractivity contribution in [2.24, 2.45) is 4.99 Å². The Balaban J connectivity index is 2.43. The molecule has 0 saturated heterocycles. The fraction of sp³-hybridized carbons (Fsp3) is 0.400. The maximum Gasteiger partial charge on any atom is 0.0872 e. The van der Waals surface area contributed by atoms with Crippen LogP contribution in [0, 0.1) is 0 Å². The number of nitrogens with zero attached hydrogens (tertiary/aromatic N) is 2. The summed E-state index contributed by atoms with van der Waals surface area (Å²) in [6.07, 6.45) is 4.03. The van der Waals surface area contributed by atoms with Gasteiger partial charge in [0.25, 0.3) is 0 Å². The normalized spacial score (nSPS) is 18.2. The molecular formula is C10H12N2. The van der Waals surface area contributed by atoms with E-state index in [1.54, 1.807) is 0 Å². The lowest BCUT2D eigenvalue weighted by Gasteiger charge is -1.96. The molecule has 1 heterocycles. The van der Waals surface area contributed by atoms with E-state index in [0.29, 0.717) is 0 Å². The van der Waals surface area contributed by atoms with E-state index in [1.165, 1.54) is 11.3 Å². The Bertz CT molecular complexity index is 315. The fourth-order valence-electron chi connectivity index (χ4n) is 1.62. The average molecular weight is 160 g/mol. The van der Waals surface area contributed by atoms with Gasteiger partial charge >= 0.3 is 0 Å². The molecule has 1 aliphatic rings. The molecule has 0 fully saturated rings. The second kappa shape index (κ2) is 3.05. The second-order valence-electron chi connectivity index (χ2n) is 2.93. The van der Waals surface area contributed by atoms with Crippen molar-refractivity contribution in [1.29, 1.82) is 0 Å². The van der Waals surface area contributed by atoms with E-state index in [9.17, 15) is 0 Å². The first kappa shape index (κ1) is 7.47. The Hall–Kier alpha value is -1.18. The van der Waals surface area contributed by atoms with Gasteiger partial charge in [-0.3, -0.25) is 9.98 Å². The van der Waals surface area contributed by atoms with Gasteiger partial charge in [0, 0.05) is 12.7 Å². The van der Waals surface area contributed by atoms with E-state index < -0.39 is 0 Å². The summed E-state index contributed by atoms with van der Waals surface area (Å²) in [5.74, 6) is 0. The van der Waals surface area contributed by atoms with E-state index >= 15 is 0 Å². The molecule has 1 aliphatic carbocycles. The second-order valence-corrected chi connectivity index (χ2v) is 2.93. The van der Waals surface area contributed by atoms with Crippen molar-refractivity contribution in [3.8, 4) is 0 Å². The Morgan fingerprint density at radius 3 is 3.25 bits per heavy atom. The van der Waals surface area contributed by atoms with Crippen LogP contribution in [0.25, 0.3) is 0 Å². The standard InChI is InChI=1S/C10H12N2/c1-2-11-9-6-5-8-4-3-7-12-10(8)9/h3-4,7H,2,5-6H2,1H3/b11-9+. The monoisotopic (exact) mass is 160 g/mol. The largest absolute Gasteiger partial charge is 0.288 e.